The van der Waals surface area contributed by atoms with Gasteiger partial charge in [-0.05, 0) is 41.5 Å². The van der Waals surface area contributed by atoms with Gasteiger partial charge in [-0.25, -0.2) is 0 Å². The van der Waals surface area contributed by atoms with Crippen molar-refractivity contribution in [1.29, 1.82) is 0 Å². The summed E-state index contributed by atoms with van der Waals surface area (Å²) in [5.74, 6) is 0.931. The summed E-state index contributed by atoms with van der Waals surface area (Å²) in [5, 5.41) is 18.2. The van der Waals surface area contributed by atoms with Gasteiger partial charge in [0.05, 0.1) is 23.4 Å². The van der Waals surface area contributed by atoms with Crippen LogP contribution in [0.1, 0.15) is 54.4 Å². The second-order valence-electron chi connectivity index (χ2n) is 7.32. The second kappa shape index (κ2) is 10.4. The van der Waals surface area contributed by atoms with Crippen molar-refractivity contribution in [1.82, 2.24) is 0 Å². The summed E-state index contributed by atoms with van der Waals surface area (Å²) in [6.45, 7) is 10.5. The summed E-state index contributed by atoms with van der Waals surface area (Å²) in [6.07, 6.45) is 2.83. The molecule has 141 valence electrons. The maximum atomic E-state index is 9.10. The maximum absolute atomic E-state index is 9.10. The van der Waals surface area contributed by atoms with Crippen LogP contribution in [-0.2, 0) is 4.74 Å². The number of aliphatic hydroxyl groups is 2. The molecule has 2 rings (SSSR count). The molecule has 1 heterocycles. The topological polar surface area (TPSA) is 58.9 Å². The van der Waals surface area contributed by atoms with Gasteiger partial charge in [-0.15, -0.1) is 12.1 Å². The Bertz CT molecular complexity index is 429. The van der Waals surface area contributed by atoms with Crippen LogP contribution >= 0.6 is 0 Å². The molecule has 0 saturated carbocycles. The van der Waals surface area contributed by atoms with Crippen molar-refractivity contribution < 1.29 is 58.3 Å². The predicted octanol–water partition coefficient (Wildman–Crippen LogP) is 3.35. The molecule has 0 aliphatic carbocycles. The van der Waals surface area contributed by atoms with Crippen LogP contribution in [0.15, 0.2) is 24.3 Å². The monoisotopic (exact) mass is 482 g/mol. The van der Waals surface area contributed by atoms with Crippen LogP contribution in [0.5, 0.6) is 5.75 Å². The van der Waals surface area contributed by atoms with Gasteiger partial charge in [0.1, 0.15) is 6.10 Å². The van der Waals surface area contributed by atoms with Crippen LogP contribution in [0.2, 0.25) is 0 Å². The molecule has 1 aliphatic heterocycles. The first kappa shape index (κ1) is 24.2. The zero-order chi connectivity index (χ0) is 17.7. The fourth-order valence-electron chi connectivity index (χ4n) is 2.08. The van der Waals surface area contributed by atoms with Crippen LogP contribution < -0.4 is 4.74 Å². The summed E-state index contributed by atoms with van der Waals surface area (Å²) in [7, 11) is 0. The second-order valence-corrected chi connectivity index (χ2v) is 7.32. The van der Waals surface area contributed by atoms with Gasteiger partial charge in [-0.2, -0.15) is 18.2 Å². The quantitative estimate of drug-likeness (QED) is 0.649. The Morgan fingerprint density at radius 1 is 1.00 bits per heavy atom. The van der Waals surface area contributed by atoms with E-state index < -0.39 is 11.2 Å². The molecular weight excluding hydrogens is 451 g/mol. The first-order valence-electron chi connectivity index (χ1n) is 8.22. The molecule has 1 aromatic rings. The normalized spacial score (nSPS) is 24.2. The van der Waals surface area contributed by atoms with Gasteiger partial charge in [0.15, 0.2) is 0 Å². The van der Waals surface area contributed by atoms with E-state index in [1.807, 2.05) is 24.3 Å². The Morgan fingerprint density at radius 3 is 1.79 bits per heavy atom. The Hall–Kier alpha value is 0.186. The zero-order valence-electron chi connectivity index (χ0n) is 15.5. The molecule has 1 fully saturated rings. The molecule has 1 saturated heterocycles. The van der Waals surface area contributed by atoms with Gasteiger partial charge in [0.25, 0.3) is 0 Å². The molecule has 2 N–H and O–H groups in total. The molecule has 0 bridgehead atoms. The van der Waals surface area contributed by atoms with Crippen molar-refractivity contribution in [3.8, 4) is 5.75 Å². The number of hydrogen-bond donors (Lipinski definition) is 2. The number of ether oxygens (including phenoxy) is 2. The molecule has 1 radical (unpaired) electrons. The minimum atomic E-state index is -1.01. The Balaban J connectivity index is 0.000000510. The fraction of sp³-hybridized carbons (Fsp3) is 0.684. The molecule has 4 nitrogen and oxygen atoms in total. The predicted molar refractivity (Wildman–Crippen MR) is 91.5 cm³/mol. The Labute approximate surface area is 177 Å². The largest absolute Gasteiger partial charge is 0.516 e. The third-order valence-electron chi connectivity index (χ3n) is 4.14. The van der Waals surface area contributed by atoms with E-state index in [9.17, 15) is 0 Å². The maximum Gasteiger partial charge on any atom is 0.100 e. The molecule has 0 amide bonds. The first-order chi connectivity index (χ1) is 10.5. The van der Waals surface area contributed by atoms with Gasteiger partial charge >= 0.3 is 0 Å². The summed E-state index contributed by atoms with van der Waals surface area (Å²) in [4.78, 5) is 0. The molecule has 1 unspecified atom stereocenters. The van der Waals surface area contributed by atoms with E-state index in [-0.39, 0.29) is 44.7 Å². The van der Waals surface area contributed by atoms with Crippen LogP contribution in [0, 0.1) is 44.7 Å². The van der Waals surface area contributed by atoms with E-state index in [0.29, 0.717) is 12.2 Å². The summed E-state index contributed by atoms with van der Waals surface area (Å²) >= 11 is 0. The molecule has 1 aromatic carbocycles. The van der Waals surface area contributed by atoms with Crippen LogP contribution in [0.3, 0.4) is 0 Å². The van der Waals surface area contributed by atoms with Gasteiger partial charge < -0.3 is 19.7 Å². The van der Waals surface area contributed by atoms with E-state index in [2.05, 4.69) is 19.9 Å². The van der Waals surface area contributed by atoms with Crippen molar-refractivity contribution in [2.24, 2.45) is 0 Å². The van der Waals surface area contributed by atoms with Gasteiger partial charge in [-0.3, -0.25) is 0 Å². The third-order valence-corrected chi connectivity index (χ3v) is 4.14. The molecule has 5 heteroatoms. The van der Waals surface area contributed by atoms with Crippen LogP contribution in [-0.4, -0.2) is 39.7 Å². The molecule has 0 spiro atoms. The Kier molecular flexibility index (Phi) is 10.4. The summed E-state index contributed by atoms with van der Waals surface area (Å²) in [5.41, 5.74) is -2.01. The third kappa shape index (κ3) is 9.04. The summed E-state index contributed by atoms with van der Waals surface area (Å²) < 4.78 is 11.6. The average molecular weight is 482 g/mol. The van der Waals surface area contributed by atoms with E-state index in [4.69, 9.17) is 19.7 Å². The standard InChI is InChI=1S/C13H17O2.C6H14O2.Tb/c1-10-8-13(9-11(2)14-10)15-12-6-4-3-5-7-12;1-5(2,7)6(3,4)8;/h4-7,10-11,13H,8-9H2,1-2H3;7-8H,1-4H3;/q-1;;/t10-,11+,13?;;. The fourth-order valence-corrected chi connectivity index (χ4v) is 2.08. The molecule has 0 aromatic heterocycles. The van der Waals surface area contributed by atoms with Gasteiger partial charge in [0, 0.05) is 57.2 Å². The van der Waals surface area contributed by atoms with Crippen molar-refractivity contribution >= 4 is 0 Å². The van der Waals surface area contributed by atoms with E-state index in [1.165, 1.54) is 0 Å². The number of benzene rings is 1. The summed E-state index contributed by atoms with van der Waals surface area (Å²) in [6, 6.07) is 10.6. The van der Waals surface area contributed by atoms with E-state index in [1.54, 1.807) is 27.7 Å². The number of rotatable bonds is 3. The Morgan fingerprint density at radius 2 is 1.42 bits per heavy atom. The zero-order valence-corrected chi connectivity index (χ0v) is 17.6. The molecule has 3 atom stereocenters. The van der Waals surface area contributed by atoms with E-state index in [0.717, 1.165) is 18.6 Å². The first-order valence-corrected chi connectivity index (χ1v) is 8.22. The minimum absolute atomic E-state index is 0. The van der Waals surface area contributed by atoms with E-state index >= 15 is 0 Å². The molecule has 1 aliphatic rings. The van der Waals surface area contributed by atoms with Crippen molar-refractivity contribution in [2.45, 2.75) is 83.9 Å². The molecule has 24 heavy (non-hydrogen) atoms. The smallest absolute Gasteiger partial charge is 0.100 e. The number of hydrogen-bond acceptors (Lipinski definition) is 4. The van der Waals surface area contributed by atoms with Crippen molar-refractivity contribution in [3.05, 3.63) is 30.3 Å². The van der Waals surface area contributed by atoms with Crippen LogP contribution in [0.25, 0.3) is 0 Å². The average Bonchev–Trinajstić information content (AvgIpc) is 2.36. The van der Waals surface area contributed by atoms with Crippen molar-refractivity contribution in [3.63, 3.8) is 0 Å². The van der Waals surface area contributed by atoms with Gasteiger partial charge in [-0.1, -0.05) is 0 Å². The van der Waals surface area contributed by atoms with Gasteiger partial charge in [0.2, 0.25) is 0 Å². The van der Waals surface area contributed by atoms with Crippen LogP contribution in [0.4, 0.5) is 0 Å². The SMILES string of the molecule is CC(C)(O)C(C)(C)O.C[C@@H]1CC(Oc2cc[c-]cc2)C[C@H](C)O1.[Tb]. The minimum Gasteiger partial charge on any atom is -0.516 e. The van der Waals surface area contributed by atoms with Crippen molar-refractivity contribution in [2.75, 3.05) is 0 Å². The molecular formula is C19H31O4Tb-.